The molecular weight excluding hydrogens is 353 g/mol. The molecule has 0 radical (unpaired) electrons. The summed E-state index contributed by atoms with van der Waals surface area (Å²) in [7, 11) is 1.83. The van der Waals surface area contributed by atoms with Crippen LogP contribution < -0.4 is 10.6 Å². The first-order valence-corrected chi connectivity index (χ1v) is 7.14. The maximum absolute atomic E-state index is 5.45. The molecule has 0 aromatic rings. The second-order valence-corrected chi connectivity index (χ2v) is 5.65. The van der Waals surface area contributed by atoms with Gasteiger partial charge >= 0.3 is 0 Å². The van der Waals surface area contributed by atoms with E-state index in [0.29, 0.717) is 11.3 Å². The lowest BCUT2D eigenvalue weighted by molar-refractivity contribution is 0.128. The predicted octanol–water partition coefficient (Wildman–Crippen LogP) is 2.63. The topological polar surface area (TPSA) is 45.6 Å². The largest absolute Gasteiger partial charge is 0.382 e. The molecule has 0 spiro atoms. The quantitative estimate of drug-likeness (QED) is 0.293. The molecule has 0 heterocycles. The third-order valence-corrected chi connectivity index (χ3v) is 3.47. The van der Waals surface area contributed by atoms with Gasteiger partial charge in [0, 0.05) is 33.4 Å². The monoisotopic (exact) mass is 383 g/mol. The number of guanidine groups is 1. The van der Waals surface area contributed by atoms with Crippen molar-refractivity contribution in [1.82, 2.24) is 10.6 Å². The second kappa shape index (κ2) is 9.80. The highest BCUT2D eigenvalue weighted by Gasteiger charge is 2.41. The average molecular weight is 383 g/mol. The van der Waals surface area contributed by atoms with Crippen molar-refractivity contribution in [3.05, 3.63) is 0 Å². The number of ether oxygens (including phenoxy) is 1. The number of halogens is 1. The molecule has 0 aliphatic heterocycles. The van der Waals surface area contributed by atoms with Crippen LogP contribution in [0.15, 0.2) is 4.99 Å². The molecule has 0 saturated heterocycles. The molecule has 0 aromatic heterocycles. The highest BCUT2D eigenvalue weighted by molar-refractivity contribution is 14.0. The van der Waals surface area contributed by atoms with Crippen molar-refractivity contribution >= 4 is 29.9 Å². The predicted molar refractivity (Wildman–Crippen MR) is 92.4 cm³/mol. The summed E-state index contributed by atoms with van der Waals surface area (Å²) in [5, 5.41) is 6.78. The summed E-state index contributed by atoms with van der Waals surface area (Å²) in [6, 6.07) is 0. The smallest absolute Gasteiger partial charge is 0.191 e. The Balaban J connectivity index is 0.00000324. The molecule has 19 heavy (non-hydrogen) atoms. The van der Waals surface area contributed by atoms with E-state index in [0.717, 1.165) is 38.7 Å². The van der Waals surface area contributed by atoms with E-state index in [-0.39, 0.29) is 24.0 Å². The second-order valence-electron chi connectivity index (χ2n) is 5.65. The van der Waals surface area contributed by atoms with Crippen LogP contribution in [0, 0.1) is 11.3 Å². The van der Waals surface area contributed by atoms with E-state index in [1.54, 1.807) is 0 Å². The third kappa shape index (κ3) is 7.97. The normalized spacial score (nSPS) is 17.0. The van der Waals surface area contributed by atoms with Gasteiger partial charge in [0.1, 0.15) is 0 Å². The van der Waals surface area contributed by atoms with Gasteiger partial charge in [-0.15, -0.1) is 24.0 Å². The van der Waals surface area contributed by atoms with Gasteiger partial charge in [-0.25, -0.2) is 0 Å². The van der Waals surface area contributed by atoms with Crippen molar-refractivity contribution < 1.29 is 4.74 Å². The van der Waals surface area contributed by atoms with Gasteiger partial charge < -0.3 is 15.4 Å². The van der Waals surface area contributed by atoms with E-state index in [1.165, 1.54) is 12.8 Å². The van der Waals surface area contributed by atoms with Gasteiger partial charge in [-0.1, -0.05) is 13.8 Å². The molecular formula is C14H30IN3O. The Kier molecular flexibility index (Phi) is 9.78. The maximum atomic E-state index is 5.45. The Bertz CT molecular complexity index is 265. The average Bonchev–Trinajstić information content (AvgIpc) is 3.10. The molecule has 0 unspecified atom stereocenters. The molecule has 1 fully saturated rings. The molecule has 0 aromatic carbocycles. The van der Waals surface area contributed by atoms with E-state index in [4.69, 9.17) is 4.74 Å². The van der Waals surface area contributed by atoms with Crippen LogP contribution in [0.1, 0.15) is 40.0 Å². The van der Waals surface area contributed by atoms with Gasteiger partial charge in [0.05, 0.1) is 0 Å². The number of aliphatic imine (C=N–C) groups is 1. The van der Waals surface area contributed by atoms with Crippen molar-refractivity contribution in [2.24, 2.45) is 16.3 Å². The van der Waals surface area contributed by atoms with Gasteiger partial charge in [-0.3, -0.25) is 4.99 Å². The fourth-order valence-corrected chi connectivity index (χ4v) is 1.92. The van der Waals surface area contributed by atoms with Crippen LogP contribution in [0.5, 0.6) is 0 Å². The molecule has 1 aliphatic rings. The molecule has 0 bridgehead atoms. The minimum atomic E-state index is 0. The van der Waals surface area contributed by atoms with Crippen LogP contribution in [0.2, 0.25) is 0 Å². The lowest BCUT2D eigenvalue weighted by Gasteiger charge is -2.19. The molecule has 0 amide bonds. The van der Waals surface area contributed by atoms with Crippen LogP contribution in [0.3, 0.4) is 0 Å². The Morgan fingerprint density at radius 1 is 1.32 bits per heavy atom. The number of nitrogens with zero attached hydrogens (tertiary/aromatic N) is 1. The minimum absolute atomic E-state index is 0. The Hall–Kier alpha value is -0.0400. The van der Waals surface area contributed by atoms with Crippen molar-refractivity contribution in [2.45, 2.75) is 40.0 Å². The fraction of sp³-hybridized carbons (Fsp3) is 0.929. The summed E-state index contributed by atoms with van der Waals surface area (Å²) in [6.45, 7) is 10.1. The lowest BCUT2D eigenvalue weighted by atomic mass is 10.0. The zero-order valence-electron chi connectivity index (χ0n) is 12.8. The highest BCUT2D eigenvalue weighted by Crippen LogP contribution is 2.48. The number of hydrogen-bond acceptors (Lipinski definition) is 2. The third-order valence-electron chi connectivity index (χ3n) is 3.47. The van der Waals surface area contributed by atoms with Crippen LogP contribution in [-0.2, 0) is 4.74 Å². The molecule has 0 atom stereocenters. The van der Waals surface area contributed by atoms with E-state index < -0.39 is 0 Å². The molecule has 5 heteroatoms. The molecule has 1 rings (SSSR count). The van der Waals surface area contributed by atoms with Gasteiger partial charge in [0.2, 0.25) is 0 Å². The van der Waals surface area contributed by atoms with Crippen LogP contribution >= 0.6 is 24.0 Å². The highest BCUT2D eigenvalue weighted by atomic mass is 127. The fourth-order valence-electron chi connectivity index (χ4n) is 1.92. The number of rotatable bonds is 8. The van der Waals surface area contributed by atoms with E-state index in [9.17, 15) is 0 Å². The van der Waals surface area contributed by atoms with Gasteiger partial charge in [-0.2, -0.15) is 0 Å². The summed E-state index contributed by atoms with van der Waals surface area (Å²) in [6.07, 6.45) is 3.79. The minimum Gasteiger partial charge on any atom is -0.382 e. The summed E-state index contributed by atoms with van der Waals surface area (Å²) in [4.78, 5) is 4.25. The van der Waals surface area contributed by atoms with Gasteiger partial charge in [0.15, 0.2) is 5.96 Å². The van der Waals surface area contributed by atoms with Crippen LogP contribution in [-0.4, -0.2) is 39.3 Å². The lowest BCUT2D eigenvalue weighted by Crippen LogP contribution is -2.41. The Morgan fingerprint density at radius 3 is 2.47 bits per heavy atom. The maximum Gasteiger partial charge on any atom is 0.191 e. The number of nitrogens with one attached hydrogen (secondary N) is 2. The molecule has 1 aliphatic carbocycles. The first-order chi connectivity index (χ1) is 8.62. The SMILES string of the molecule is CCOCCC1(CNC(=NC)NCC(C)C)CC1.I. The van der Waals surface area contributed by atoms with Gasteiger partial charge in [0.25, 0.3) is 0 Å². The van der Waals surface area contributed by atoms with Crippen molar-refractivity contribution in [2.75, 3.05) is 33.4 Å². The van der Waals surface area contributed by atoms with Crippen molar-refractivity contribution in [3.63, 3.8) is 0 Å². The molecule has 4 nitrogen and oxygen atoms in total. The van der Waals surface area contributed by atoms with Crippen molar-refractivity contribution in [1.29, 1.82) is 0 Å². The van der Waals surface area contributed by atoms with E-state index in [1.807, 2.05) is 7.05 Å². The standard InChI is InChI=1S/C14H29N3O.HI/c1-5-18-9-8-14(6-7-14)11-17-13(15-4)16-10-12(2)3;/h12H,5-11H2,1-4H3,(H2,15,16,17);1H. The molecule has 1 saturated carbocycles. The summed E-state index contributed by atoms with van der Waals surface area (Å²) in [5.74, 6) is 1.56. The zero-order valence-corrected chi connectivity index (χ0v) is 15.1. The summed E-state index contributed by atoms with van der Waals surface area (Å²) in [5.41, 5.74) is 0.463. The number of hydrogen-bond donors (Lipinski definition) is 2. The first-order valence-electron chi connectivity index (χ1n) is 7.14. The molecule has 114 valence electrons. The first kappa shape index (κ1) is 19.0. The van der Waals surface area contributed by atoms with Crippen LogP contribution in [0.25, 0.3) is 0 Å². The Morgan fingerprint density at radius 2 is 2.00 bits per heavy atom. The van der Waals surface area contributed by atoms with Gasteiger partial charge in [-0.05, 0) is 37.5 Å². The Labute approximate surface area is 135 Å². The molecule has 2 N–H and O–H groups in total. The summed E-state index contributed by atoms with van der Waals surface area (Å²) < 4.78 is 5.45. The van der Waals surface area contributed by atoms with Crippen LogP contribution in [0.4, 0.5) is 0 Å². The zero-order chi connectivity index (χ0) is 13.4. The van der Waals surface area contributed by atoms with E-state index >= 15 is 0 Å². The van der Waals surface area contributed by atoms with E-state index in [2.05, 4.69) is 36.4 Å². The summed E-state index contributed by atoms with van der Waals surface area (Å²) >= 11 is 0. The van der Waals surface area contributed by atoms with Crippen molar-refractivity contribution in [3.8, 4) is 0 Å².